The van der Waals surface area contributed by atoms with Crippen LogP contribution in [0.2, 0.25) is 0 Å². The van der Waals surface area contributed by atoms with Crippen molar-refractivity contribution < 1.29 is 53.9 Å². The van der Waals surface area contributed by atoms with Gasteiger partial charge in [-0.2, -0.15) is 39.5 Å². The van der Waals surface area contributed by atoms with E-state index in [4.69, 9.17) is 0 Å². The van der Waals surface area contributed by atoms with Crippen LogP contribution in [0.1, 0.15) is 105 Å². The third-order valence-electron chi connectivity index (χ3n) is 6.35. The molecule has 0 bridgehead atoms. The van der Waals surface area contributed by atoms with Crippen LogP contribution < -0.4 is 5.11 Å². The Kier molecular flexibility index (Phi) is 17.8. The normalized spacial score (nSPS) is 13.3. The zero-order valence-corrected chi connectivity index (χ0v) is 22.5. The topological polar surface area (TPSA) is 40.1 Å². The number of nitrogens with zero attached hydrogens (tertiary/aromatic N) is 1. The predicted octanol–water partition coefficient (Wildman–Crippen LogP) is 7.77. The number of rotatable bonds is 19. The van der Waals surface area contributed by atoms with Crippen LogP contribution in [0.4, 0.5) is 39.5 Å². The SMILES string of the molecule is CCCCC[N+](CCCCC)(CCCCC)CCCCC.O=C([O-])C(F)(F)C(F)(F)C(F)(F)C(F)(F)F. The minimum atomic E-state index is -7.20. The number of alkyl halides is 9. The molecular weight excluding hydrogens is 517 g/mol. The molecule has 37 heavy (non-hydrogen) atoms. The van der Waals surface area contributed by atoms with Crippen molar-refractivity contribution in [1.82, 2.24) is 0 Å². The molecule has 0 heterocycles. The second kappa shape index (κ2) is 17.4. The van der Waals surface area contributed by atoms with Crippen molar-refractivity contribution in [2.24, 2.45) is 0 Å². The lowest BCUT2D eigenvalue weighted by atomic mass is 10.0. The summed E-state index contributed by atoms with van der Waals surface area (Å²) >= 11 is 0. The smallest absolute Gasteiger partial charge is 0.460 e. The zero-order chi connectivity index (χ0) is 29.4. The summed E-state index contributed by atoms with van der Waals surface area (Å²) in [4.78, 5) is 9.40. The Bertz CT molecular complexity index is 566. The maximum atomic E-state index is 12.1. The molecule has 0 saturated carbocycles. The highest BCUT2D eigenvalue weighted by Gasteiger charge is 2.82. The maximum absolute atomic E-state index is 12.1. The number of carboxylic acids is 1. The van der Waals surface area contributed by atoms with Crippen molar-refractivity contribution in [2.45, 2.75) is 129 Å². The van der Waals surface area contributed by atoms with Gasteiger partial charge in [0.05, 0.1) is 26.2 Å². The first kappa shape index (κ1) is 37.9. The predicted molar refractivity (Wildman–Crippen MR) is 124 cm³/mol. The van der Waals surface area contributed by atoms with E-state index in [1.165, 1.54) is 108 Å². The number of aliphatic carboxylic acids is 1. The lowest BCUT2D eigenvalue weighted by molar-refractivity contribution is -0.929. The zero-order valence-electron chi connectivity index (χ0n) is 22.5. The highest BCUT2D eigenvalue weighted by atomic mass is 19.4. The Labute approximate surface area is 215 Å². The highest BCUT2D eigenvalue weighted by molar-refractivity contribution is 5.74. The second-order valence-corrected chi connectivity index (χ2v) is 9.57. The largest absolute Gasteiger partial charge is 0.544 e. The van der Waals surface area contributed by atoms with E-state index in [9.17, 15) is 49.4 Å². The molecule has 3 nitrogen and oxygen atoms in total. The Morgan fingerprint density at radius 1 is 0.541 bits per heavy atom. The van der Waals surface area contributed by atoms with E-state index in [2.05, 4.69) is 27.7 Å². The average molecular weight is 562 g/mol. The Morgan fingerprint density at radius 3 is 1.00 bits per heavy atom. The van der Waals surface area contributed by atoms with Gasteiger partial charge in [-0.3, -0.25) is 0 Å². The van der Waals surface area contributed by atoms with E-state index in [1.807, 2.05) is 0 Å². The molecule has 224 valence electrons. The van der Waals surface area contributed by atoms with Gasteiger partial charge in [-0.05, 0) is 51.4 Å². The minimum Gasteiger partial charge on any atom is -0.544 e. The summed E-state index contributed by atoms with van der Waals surface area (Å²) in [6.45, 7) is 15.1. The van der Waals surface area contributed by atoms with Gasteiger partial charge in [-0.15, -0.1) is 0 Å². The van der Waals surface area contributed by atoms with Gasteiger partial charge in [0.2, 0.25) is 0 Å². The molecule has 0 fully saturated rings. The fraction of sp³-hybridized carbons (Fsp3) is 0.960. The molecule has 0 aromatic rings. The van der Waals surface area contributed by atoms with Gasteiger partial charge in [0, 0.05) is 0 Å². The second-order valence-electron chi connectivity index (χ2n) is 9.57. The summed E-state index contributed by atoms with van der Waals surface area (Å²) in [5.74, 6) is -25.1. The first-order valence-electron chi connectivity index (χ1n) is 13.2. The number of carbonyl (C=O) groups excluding carboxylic acids is 1. The third kappa shape index (κ3) is 12.0. The molecule has 0 N–H and O–H groups in total. The molecular formula is C25H44F9NO2. The number of hydrogen-bond acceptors (Lipinski definition) is 2. The number of halogens is 9. The van der Waals surface area contributed by atoms with Crippen LogP contribution in [0.5, 0.6) is 0 Å². The summed E-state index contributed by atoms with van der Waals surface area (Å²) in [6, 6.07) is 0. The summed E-state index contributed by atoms with van der Waals surface area (Å²) in [5.41, 5.74) is 0. The lowest BCUT2D eigenvalue weighted by Gasteiger charge is -2.39. The number of quaternary nitrogens is 1. The molecule has 0 unspecified atom stereocenters. The van der Waals surface area contributed by atoms with Crippen molar-refractivity contribution in [3.8, 4) is 0 Å². The lowest BCUT2D eigenvalue weighted by Crippen LogP contribution is -2.65. The molecule has 0 aromatic heterocycles. The van der Waals surface area contributed by atoms with Crippen molar-refractivity contribution in [1.29, 1.82) is 0 Å². The van der Waals surface area contributed by atoms with Gasteiger partial charge in [0.15, 0.2) is 0 Å². The van der Waals surface area contributed by atoms with Crippen molar-refractivity contribution in [3.63, 3.8) is 0 Å². The molecule has 0 saturated heterocycles. The molecule has 0 radical (unpaired) electrons. The molecule has 0 atom stereocenters. The van der Waals surface area contributed by atoms with E-state index in [0.29, 0.717) is 0 Å². The Hall–Kier alpha value is -1.20. The average Bonchev–Trinajstić information content (AvgIpc) is 2.79. The fourth-order valence-corrected chi connectivity index (χ4v) is 3.96. The quantitative estimate of drug-likeness (QED) is 0.0919. The van der Waals surface area contributed by atoms with Gasteiger partial charge in [0.1, 0.15) is 5.97 Å². The molecule has 0 aliphatic heterocycles. The third-order valence-corrected chi connectivity index (χ3v) is 6.35. The van der Waals surface area contributed by atoms with Gasteiger partial charge >= 0.3 is 23.9 Å². The van der Waals surface area contributed by atoms with Gasteiger partial charge in [-0.1, -0.05) is 53.4 Å². The van der Waals surface area contributed by atoms with E-state index >= 15 is 0 Å². The van der Waals surface area contributed by atoms with Crippen LogP contribution in [0.25, 0.3) is 0 Å². The number of hydrogen-bond donors (Lipinski definition) is 0. The molecule has 0 amide bonds. The summed E-state index contributed by atoms with van der Waals surface area (Å²) in [7, 11) is 0. The van der Waals surface area contributed by atoms with Crippen molar-refractivity contribution >= 4 is 5.97 Å². The number of carbonyl (C=O) groups is 1. The van der Waals surface area contributed by atoms with E-state index < -0.39 is 29.9 Å². The summed E-state index contributed by atoms with van der Waals surface area (Å²) in [5, 5.41) is 9.40. The number of carboxylic acid groups (broad SMARTS) is 1. The maximum Gasteiger partial charge on any atom is 0.460 e. The van der Waals surface area contributed by atoms with Gasteiger partial charge < -0.3 is 14.4 Å². The van der Waals surface area contributed by atoms with Crippen molar-refractivity contribution in [3.05, 3.63) is 0 Å². The minimum absolute atomic E-state index is 1.36. The standard InChI is InChI=1S/C20H44N.C5HF9O2/c1-5-9-13-17-21(18-14-10-6-2,19-15-11-7-3)20-16-12-8-4;6-2(7,1(15)16)3(8,9)4(10,11)5(12,13)14/h5-20H2,1-4H3;(H,15,16)/q+1;/p-1. The Morgan fingerprint density at radius 2 is 0.811 bits per heavy atom. The molecule has 0 aliphatic rings. The van der Waals surface area contributed by atoms with Crippen LogP contribution in [0.15, 0.2) is 0 Å². The first-order valence-corrected chi connectivity index (χ1v) is 13.2. The van der Waals surface area contributed by atoms with Crippen LogP contribution in [0.3, 0.4) is 0 Å². The summed E-state index contributed by atoms with van der Waals surface area (Å²) < 4.78 is 107. The first-order chi connectivity index (χ1) is 16.9. The molecule has 0 aliphatic carbocycles. The van der Waals surface area contributed by atoms with E-state index in [1.54, 1.807) is 0 Å². The van der Waals surface area contributed by atoms with Crippen LogP contribution >= 0.6 is 0 Å². The van der Waals surface area contributed by atoms with Crippen LogP contribution in [-0.2, 0) is 4.79 Å². The molecule has 0 spiro atoms. The summed E-state index contributed by atoms with van der Waals surface area (Å²) in [6.07, 6.45) is 9.89. The van der Waals surface area contributed by atoms with Crippen molar-refractivity contribution in [2.75, 3.05) is 26.2 Å². The highest BCUT2D eigenvalue weighted by Crippen LogP contribution is 2.52. The van der Waals surface area contributed by atoms with E-state index in [0.717, 1.165) is 0 Å². The van der Waals surface area contributed by atoms with E-state index in [-0.39, 0.29) is 0 Å². The number of unbranched alkanes of at least 4 members (excludes halogenated alkanes) is 8. The Balaban J connectivity index is 0. The monoisotopic (exact) mass is 561 g/mol. The van der Waals surface area contributed by atoms with Crippen LogP contribution in [-0.4, -0.2) is 60.6 Å². The molecule has 12 heteroatoms. The van der Waals surface area contributed by atoms with Gasteiger partial charge in [0.25, 0.3) is 0 Å². The van der Waals surface area contributed by atoms with Gasteiger partial charge in [-0.25, -0.2) is 0 Å². The molecule has 0 aromatic carbocycles. The molecule has 0 rings (SSSR count). The fourth-order valence-electron chi connectivity index (χ4n) is 3.96. The van der Waals surface area contributed by atoms with Crippen LogP contribution in [0, 0.1) is 0 Å².